The second-order valence-corrected chi connectivity index (χ2v) is 3.42. The summed E-state index contributed by atoms with van der Waals surface area (Å²) >= 11 is 0. The summed E-state index contributed by atoms with van der Waals surface area (Å²) in [6.45, 7) is 4.75. The van der Waals surface area contributed by atoms with Gasteiger partial charge in [-0.1, -0.05) is 13.8 Å². The molecule has 0 aromatic heterocycles. The van der Waals surface area contributed by atoms with Crippen LogP contribution in [0.1, 0.15) is 26.7 Å². The SMILES string of the molecule is CCC(CC)(CO)CN/C=C/C(=O)O. The van der Waals surface area contributed by atoms with Crippen molar-refractivity contribution in [2.24, 2.45) is 5.41 Å². The lowest BCUT2D eigenvalue weighted by Crippen LogP contribution is -2.34. The molecule has 0 bridgehead atoms. The zero-order chi connectivity index (χ0) is 11.0. The Morgan fingerprint density at radius 3 is 2.36 bits per heavy atom. The summed E-state index contributed by atoms with van der Waals surface area (Å²) in [5.74, 6) is -0.972. The monoisotopic (exact) mass is 201 g/mol. The Morgan fingerprint density at radius 1 is 1.43 bits per heavy atom. The number of nitrogens with one attached hydrogen (secondary N) is 1. The Balaban J connectivity index is 4.00. The van der Waals surface area contributed by atoms with E-state index in [9.17, 15) is 9.90 Å². The van der Waals surface area contributed by atoms with Gasteiger partial charge in [-0.3, -0.25) is 0 Å². The first kappa shape index (κ1) is 13.0. The quantitative estimate of drug-likeness (QED) is 0.537. The van der Waals surface area contributed by atoms with E-state index >= 15 is 0 Å². The van der Waals surface area contributed by atoms with Gasteiger partial charge in [0.15, 0.2) is 0 Å². The number of hydrogen-bond donors (Lipinski definition) is 3. The maximum atomic E-state index is 10.2. The first-order chi connectivity index (χ1) is 6.60. The summed E-state index contributed by atoms with van der Waals surface area (Å²) in [7, 11) is 0. The molecule has 0 fully saturated rings. The number of hydrogen-bond acceptors (Lipinski definition) is 3. The van der Waals surface area contributed by atoms with Crippen LogP contribution in [0.4, 0.5) is 0 Å². The number of aliphatic carboxylic acids is 1. The molecule has 0 aliphatic heterocycles. The van der Waals surface area contributed by atoms with Crippen LogP contribution in [-0.2, 0) is 4.79 Å². The van der Waals surface area contributed by atoms with Crippen LogP contribution in [0.25, 0.3) is 0 Å². The van der Waals surface area contributed by atoms with Gasteiger partial charge in [-0.25, -0.2) is 4.79 Å². The van der Waals surface area contributed by atoms with Crippen LogP contribution < -0.4 is 5.32 Å². The smallest absolute Gasteiger partial charge is 0.329 e. The predicted molar refractivity (Wildman–Crippen MR) is 54.9 cm³/mol. The Labute approximate surface area is 84.6 Å². The number of aliphatic hydroxyl groups is 1. The van der Waals surface area contributed by atoms with Gasteiger partial charge in [-0.2, -0.15) is 0 Å². The van der Waals surface area contributed by atoms with Crippen molar-refractivity contribution in [3.8, 4) is 0 Å². The van der Waals surface area contributed by atoms with Crippen LogP contribution in [0, 0.1) is 5.41 Å². The molecule has 0 saturated carbocycles. The molecule has 0 heterocycles. The van der Waals surface area contributed by atoms with Crippen molar-refractivity contribution in [1.82, 2.24) is 5.32 Å². The van der Waals surface area contributed by atoms with Crippen LogP contribution in [0.5, 0.6) is 0 Å². The fourth-order valence-corrected chi connectivity index (χ4v) is 1.19. The largest absolute Gasteiger partial charge is 0.478 e. The Hall–Kier alpha value is -1.03. The molecule has 82 valence electrons. The summed E-state index contributed by atoms with van der Waals surface area (Å²) in [6.07, 6.45) is 4.19. The van der Waals surface area contributed by atoms with Crippen LogP contribution in [0.15, 0.2) is 12.3 Å². The molecule has 0 radical (unpaired) electrons. The molecule has 0 aliphatic carbocycles. The Kier molecular flexibility index (Phi) is 5.95. The molecular formula is C10H19NO3. The second-order valence-electron chi connectivity index (χ2n) is 3.42. The zero-order valence-corrected chi connectivity index (χ0v) is 8.79. The van der Waals surface area contributed by atoms with Crippen molar-refractivity contribution in [1.29, 1.82) is 0 Å². The van der Waals surface area contributed by atoms with Gasteiger partial charge in [0.05, 0.1) is 6.61 Å². The average molecular weight is 201 g/mol. The maximum absolute atomic E-state index is 10.2. The molecule has 14 heavy (non-hydrogen) atoms. The van der Waals surface area contributed by atoms with Crippen LogP contribution in [0.3, 0.4) is 0 Å². The molecule has 4 nitrogen and oxygen atoms in total. The van der Waals surface area contributed by atoms with Gasteiger partial charge in [0.2, 0.25) is 0 Å². The fourth-order valence-electron chi connectivity index (χ4n) is 1.19. The molecule has 4 heteroatoms. The van der Waals surface area contributed by atoms with Gasteiger partial charge in [-0.15, -0.1) is 0 Å². The average Bonchev–Trinajstić information content (AvgIpc) is 2.19. The first-order valence-electron chi connectivity index (χ1n) is 4.84. The highest BCUT2D eigenvalue weighted by molar-refractivity contribution is 5.79. The normalized spacial score (nSPS) is 11.9. The summed E-state index contributed by atoms with van der Waals surface area (Å²) in [5, 5.41) is 20.4. The maximum Gasteiger partial charge on any atom is 0.329 e. The van der Waals surface area contributed by atoms with E-state index in [-0.39, 0.29) is 12.0 Å². The number of rotatable bonds is 7. The first-order valence-corrected chi connectivity index (χ1v) is 4.84. The lowest BCUT2D eigenvalue weighted by atomic mass is 9.83. The van der Waals surface area contributed by atoms with Gasteiger partial charge in [0.25, 0.3) is 0 Å². The van der Waals surface area contributed by atoms with Gasteiger partial charge >= 0.3 is 5.97 Å². The van der Waals surface area contributed by atoms with Crippen molar-refractivity contribution in [3.05, 3.63) is 12.3 Å². The summed E-state index contributed by atoms with van der Waals surface area (Å²) in [4.78, 5) is 10.2. The topological polar surface area (TPSA) is 69.6 Å². The Bertz CT molecular complexity index is 189. The molecule has 3 N–H and O–H groups in total. The minimum Gasteiger partial charge on any atom is -0.478 e. The van der Waals surface area contributed by atoms with Crippen LogP contribution in [0.2, 0.25) is 0 Å². The number of carboxylic acid groups (broad SMARTS) is 1. The van der Waals surface area contributed by atoms with E-state index in [1.54, 1.807) is 0 Å². The minimum atomic E-state index is -0.972. The van der Waals surface area contributed by atoms with Crippen molar-refractivity contribution >= 4 is 5.97 Å². The molecular weight excluding hydrogens is 182 g/mol. The minimum absolute atomic E-state index is 0.119. The number of aliphatic hydroxyl groups excluding tert-OH is 1. The second kappa shape index (κ2) is 6.43. The van der Waals surface area contributed by atoms with E-state index in [1.165, 1.54) is 6.20 Å². The third-order valence-electron chi connectivity index (χ3n) is 2.66. The van der Waals surface area contributed by atoms with Crippen LogP contribution >= 0.6 is 0 Å². The molecule has 0 aliphatic rings. The molecule has 0 atom stereocenters. The molecule has 0 amide bonds. The molecule has 0 aromatic rings. The van der Waals surface area contributed by atoms with Gasteiger partial charge < -0.3 is 15.5 Å². The van der Waals surface area contributed by atoms with Crippen molar-refractivity contribution < 1.29 is 15.0 Å². The van der Waals surface area contributed by atoms with E-state index < -0.39 is 5.97 Å². The summed E-state index contributed by atoms with van der Waals surface area (Å²) in [6, 6.07) is 0. The van der Waals surface area contributed by atoms with Crippen molar-refractivity contribution in [2.75, 3.05) is 13.2 Å². The van der Waals surface area contributed by atoms with E-state index in [1.807, 2.05) is 13.8 Å². The van der Waals surface area contributed by atoms with Crippen molar-refractivity contribution in [2.45, 2.75) is 26.7 Å². The molecule has 0 saturated heterocycles. The lowest BCUT2D eigenvalue weighted by molar-refractivity contribution is -0.131. The third kappa shape index (κ3) is 4.28. The van der Waals surface area contributed by atoms with Gasteiger partial charge in [0, 0.05) is 24.2 Å². The standard InChI is InChI=1S/C10H19NO3/c1-3-10(4-2,8-12)7-11-6-5-9(13)14/h5-6,11-12H,3-4,7-8H2,1-2H3,(H,13,14)/b6-5+. The number of carboxylic acids is 1. The molecule has 0 aromatic carbocycles. The van der Waals surface area contributed by atoms with E-state index in [2.05, 4.69) is 5.32 Å². The van der Waals surface area contributed by atoms with E-state index in [0.717, 1.165) is 18.9 Å². The van der Waals surface area contributed by atoms with E-state index in [4.69, 9.17) is 5.11 Å². The zero-order valence-electron chi connectivity index (χ0n) is 8.79. The fraction of sp³-hybridized carbons (Fsp3) is 0.700. The molecule has 0 unspecified atom stereocenters. The van der Waals surface area contributed by atoms with Gasteiger partial charge in [0.1, 0.15) is 0 Å². The number of carbonyl (C=O) groups is 1. The highest BCUT2D eigenvalue weighted by Gasteiger charge is 2.24. The highest BCUT2D eigenvalue weighted by atomic mass is 16.4. The highest BCUT2D eigenvalue weighted by Crippen LogP contribution is 2.24. The predicted octanol–water partition coefficient (Wildman–Crippen LogP) is 0.973. The van der Waals surface area contributed by atoms with Gasteiger partial charge in [-0.05, 0) is 12.8 Å². The van der Waals surface area contributed by atoms with E-state index in [0.29, 0.717) is 6.54 Å². The lowest BCUT2D eigenvalue weighted by Gasteiger charge is -2.29. The summed E-state index contributed by atoms with van der Waals surface area (Å²) < 4.78 is 0. The Morgan fingerprint density at radius 2 is 2.00 bits per heavy atom. The molecule has 0 spiro atoms. The summed E-state index contributed by atoms with van der Waals surface area (Å²) in [5.41, 5.74) is -0.136. The van der Waals surface area contributed by atoms with Crippen molar-refractivity contribution in [3.63, 3.8) is 0 Å². The van der Waals surface area contributed by atoms with Crippen LogP contribution in [-0.4, -0.2) is 29.3 Å². The third-order valence-corrected chi connectivity index (χ3v) is 2.66. The molecule has 0 rings (SSSR count).